The highest BCUT2D eigenvalue weighted by Gasteiger charge is 1.76. The van der Waals surface area contributed by atoms with Crippen LogP contribution in [0.1, 0.15) is 12.8 Å². The van der Waals surface area contributed by atoms with Crippen LogP contribution in [0.2, 0.25) is 6.32 Å². The third kappa shape index (κ3) is 4.41. The van der Waals surface area contributed by atoms with Gasteiger partial charge in [0.25, 0.3) is 0 Å². The molecule has 0 bridgehead atoms. The van der Waals surface area contributed by atoms with E-state index in [4.69, 9.17) is 0 Å². The van der Waals surface area contributed by atoms with Gasteiger partial charge in [0.2, 0.25) is 0 Å². The minimum absolute atomic E-state index is 1.05. The van der Waals surface area contributed by atoms with Gasteiger partial charge < -0.3 is 0 Å². The minimum atomic E-state index is 1.05. The molecule has 0 aromatic carbocycles. The SMILES string of the molecule is BCCCCS. The number of hydrogen-bond donors (Lipinski definition) is 1. The molecule has 0 amide bonds. The Labute approximate surface area is 46.1 Å². The standard InChI is InChI=1S/C4H11BS/c5-3-1-2-4-6/h6H,1-5H2. The van der Waals surface area contributed by atoms with Gasteiger partial charge in [-0.25, -0.2) is 0 Å². The van der Waals surface area contributed by atoms with Gasteiger partial charge in [-0.2, -0.15) is 12.6 Å². The van der Waals surface area contributed by atoms with E-state index >= 15 is 0 Å². The molecule has 0 aliphatic rings. The van der Waals surface area contributed by atoms with Crippen molar-refractivity contribution >= 4 is 20.5 Å². The van der Waals surface area contributed by atoms with E-state index in [1.54, 1.807) is 0 Å². The summed E-state index contributed by atoms with van der Waals surface area (Å²) in [6, 6.07) is 0. The summed E-state index contributed by atoms with van der Waals surface area (Å²) in [7, 11) is 2.20. The number of hydrogen-bond acceptors (Lipinski definition) is 1. The zero-order valence-electron chi connectivity index (χ0n) is 4.28. The zero-order valence-corrected chi connectivity index (χ0v) is 5.17. The number of rotatable bonds is 3. The first-order valence-electron chi connectivity index (χ1n) is 2.52. The number of unbranched alkanes of at least 4 members (excludes halogenated alkanes) is 1. The van der Waals surface area contributed by atoms with Crippen molar-refractivity contribution in [1.82, 2.24) is 0 Å². The van der Waals surface area contributed by atoms with Gasteiger partial charge in [-0.3, -0.25) is 0 Å². The van der Waals surface area contributed by atoms with E-state index in [2.05, 4.69) is 20.5 Å². The van der Waals surface area contributed by atoms with Crippen molar-refractivity contribution in [2.75, 3.05) is 5.75 Å². The van der Waals surface area contributed by atoms with Crippen LogP contribution < -0.4 is 0 Å². The predicted octanol–water partition coefficient (Wildman–Crippen LogP) is 0.748. The van der Waals surface area contributed by atoms with Crippen molar-refractivity contribution in [3.8, 4) is 0 Å². The summed E-state index contributed by atoms with van der Waals surface area (Å²) in [6.45, 7) is 0. The molecule has 0 rings (SSSR count). The van der Waals surface area contributed by atoms with Crippen LogP contribution in [0.15, 0.2) is 0 Å². The molecule has 0 radical (unpaired) electrons. The molecule has 2 heteroatoms. The van der Waals surface area contributed by atoms with E-state index < -0.39 is 0 Å². The molecule has 0 saturated heterocycles. The lowest BCUT2D eigenvalue weighted by Gasteiger charge is -1.85. The summed E-state index contributed by atoms with van der Waals surface area (Å²) in [6.07, 6.45) is 3.92. The average Bonchev–Trinajstić information content (AvgIpc) is 1.61. The molecule has 0 aliphatic heterocycles. The molecule has 6 heavy (non-hydrogen) atoms. The summed E-state index contributed by atoms with van der Waals surface area (Å²) in [5.41, 5.74) is 0. The summed E-state index contributed by atoms with van der Waals surface area (Å²) in [5.74, 6) is 1.05. The third-order valence-electron chi connectivity index (χ3n) is 0.762. The smallest absolute Gasteiger partial charge is 0.101 e. The van der Waals surface area contributed by atoms with Gasteiger partial charge in [-0.05, 0) is 12.2 Å². The Morgan fingerprint density at radius 2 is 2.00 bits per heavy atom. The maximum atomic E-state index is 4.05. The van der Waals surface area contributed by atoms with Crippen molar-refractivity contribution in [1.29, 1.82) is 0 Å². The van der Waals surface area contributed by atoms with E-state index in [9.17, 15) is 0 Å². The van der Waals surface area contributed by atoms with Crippen LogP contribution in [0.4, 0.5) is 0 Å². The molecule has 0 heterocycles. The second-order valence-corrected chi connectivity index (χ2v) is 1.88. The largest absolute Gasteiger partial charge is 0.179 e. The fourth-order valence-electron chi connectivity index (χ4n) is 0.362. The highest BCUT2D eigenvalue weighted by molar-refractivity contribution is 7.80. The highest BCUT2D eigenvalue weighted by Crippen LogP contribution is 1.92. The fourth-order valence-corrected chi connectivity index (χ4v) is 0.585. The average molecular weight is 102 g/mol. The van der Waals surface area contributed by atoms with Crippen LogP contribution in [0.25, 0.3) is 0 Å². The van der Waals surface area contributed by atoms with Crippen LogP contribution in [0.3, 0.4) is 0 Å². The summed E-state index contributed by atoms with van der Waals surface area (Å²) >= 11 is 4.05. The van der Waals surface area contributed by atoms with E-state index in [-0.39, 0.29) is 0 Å². The Morgan fingerprint density at radius 3 is 2.17 bits per heavy atom. The number of thiol groups is 1. The van der Waals surface area contributed by atoms with E-state index in [1.165, 1.54) is 19.2 Å². The van der Waals surface area contributed by atoms with Gasteiger partial charge in [0.05, 0.1) is 0 Å². The summed E-state index contributed by atoms with van der Waals surface area (Å²) < 4.78 is 0. The molecule has 0 spiro atoms. The molecular weight excluding hydrogens is 90.9 g/mol. The second-order valence-electron chi connectivity index (χ2n) is 1.43. The van der Waals surface area contributed by atoms with Crippen LogP contribution >= 0.6 is 12.6 Å². The first kappa shape index (κ1) is 6.41. The lowest BCUT2D eigenvalue weighted by Crippen LogP contribution is -1.73. The van der Waals surface area contributed by atoms with Gasteiger partial charge >= 0.3 is 0 Å². The first-order chi connectivity index (χ1) is 2.91. The molecule has 0 nitrogen and oxygen atoms in total. The van der Waals surface area contributed by atoms with Crippen molar-refractivity contribution in [2.24, 2.45) is 0 Å². The monoisotopic (exact) mass is 102 g/mol. The lowest BCUT2D eigenvalue weighted by atomic mass is 10.0. The quantitative estimate of drug-likeness (QED) is 0.303. The van der Waals surface area contributed by atoms with Crippen LogP contribution in [-0.4, -0.2) is 13.6 Å². The Bertz CT molecular complexity index is 19.5. The molecule has 0 fully saturated rings. The van der Waals surface area contributed by atoms with Gasteiger partial charge in [0.1, 0.15) is 7.85 Å². The van der Waals surface area contributed by atoms with Crippen molar-refractivity contribution in [2.45, 2.75) is 19.2 Å². The van der Waals surface area contributed by atoms with Crippen LogP contribution in [0.5, 0.6) is 0 Å². The van der Waals surface area contributed by atoms with Crippen molar-refractivity contribution in [3.63, 3.8) is 0 Å². The second kappa shape index (κ2) is 5.41. The minimum Gasteiger partial charge on any atom is -0.179 e. The van der Waals surface area contributed by atoms with Crippen molar-refractivity contribution in [3.05, 3.63) is 0 Å². The predicted molar refractivity (Wildman–Crippen MR) is 36.4 cm³/mol. The fraction of sp³-hybridized carbons (Fsp3) is 1.00. The molecule has 0 aliphatic carbocycles. The van der Waals surface area contributed by atoms with Crippen molar-refractivity contribution < 1.29 is 0 Å². The Kier molecular flexibility index (Phi) is 5.79. The van der Waals surface area contributed by atoms with E-state index in [0.717, 1.165) is 5.75 Å². The van der Waals surface area contributed by atoms with Gasteiger partial charge in [-0.1, -0.05) is 12.7 Å². The first-order valence-corrected chi connectivity index (χ1v) is 3.16. The molecule has 0 unspecified atom stereocenters. The van der Waals surface area contributed by atoms with Gasteiger partial charge in [0.15, 0.2) is 0 Å². The molecular formula is C4H11BS. The normalized spacial score (nSPS) is 8.83. The molecule has 0 saturated carbocycles. The Morgan fingerprint density at radius 1 is 1.33 bits per heavy atom. The van der Waals surface area contributed by atoms with E-state index in [1.807, 2.05) is 0 Å². The maximum absolute atomic E-state index is 4.05. The summed E-state index contributed by atoms with van der Waals surface area (Å²) in [5, 5.41) is 0. The van der Waals surface area contributed by atoms with Gasteiger partial charge in [0, 0.05) is 0 Å². The zero-order chi connectivity index (χ0) is 4.83. The molecule has 36 valence electrons. The van der Waals surface area contributed by atoms with E-state index in [0.29, 0.717) is 0 Å². The third-order valence-corrected chi connectivity index (χ3v) is 1.08. The topological polar surface area (TPSA) is 0 Å². The molecule has 0 atom stereocenters. The Balaban J connectivity index is 2.34. The molecule has 0 aromatic rings. The molecule has 0 aromatic heterocycles. The highest BCUT2D eigenvalue weighted by atomic mass is 32.1. The summed E-state index contributed by atoms with van der Waals surface area (Å²) in [4.78, 5) is 0. The van der Waals surface area contributed by atoms with Crippen LogP contribution in [-0.2, 0) is 0 Å². The Hall–Kier alpha value is 0.415. The molecule has 0 N–H and O–H groups in total. The van der Waals surface area contributed by atoms with Gasteiger partial charge in [-0.15, -0.1) is 0 Å². The van der Waals surface area contributed by atoms with Crippen LogP contribution in [0, 0.1) is 0 Å². The lowest BCUT2D eigenvalue weighted by molar-refractivity contribution is 0.897. The maximum Gasteiger partial charge on any atom is 0.101 e.